The summed E-state index contributed by atoms with van der Waals surface area (Å²) in [7, 11) is 0. The third kappa shape index (κ3) is 5.57. The molecule has 29 heavy (non-hydrogen) atoms. The van der Waals surface area contributed by atoms with Crippen LogP contribution in [0.15, 0.2) is 48.5 Å². The quantitative estimate of drug-likeness (QED) is 0.752. The van der Waals surface area contributed by atoms with Crippen LogP contribution in [0.4, 0.5) is 11.4 Å². The molecule has 1 amide bonds. The van der Waals surface area contributed by atoms with Crippen LogP contribution in [0, 0.1) is 0 Å². The predicted molar refractivity (Wildman–Crippen MR) is 114 cm³/mol. The van der Waals surface area contributed by atoms with Crippen molar-refractivity contribution >= 4 is 23.3 Å². The summed E-state index contributed by atoms with van der Waals surface area (Å²) in [4.78, 5) is 26.9. The Bertz CT molecular complexity index is 825. The number of benzene rings is 2. The molecule has 3 rings (SSSR count). The van der Waals surface area contributed by atoms with Gasteiger partial charge in [-0.25, -0.2) is 4.79 Å². The molecule has 0 spiro atoms. The van der Waals surface area contributed by atoms with Crippen LogP contribution < -0.4 is 10.2 Å². The minimum atomic E-state index is -0.897. The number of anilines is 2. The van der Waals surface area contributed by atoms with Crippen LogP contribution in [0.5, 0.6) is 0 Å². The molecule has 2 aromatic carbocycles. The average molecular weight is 396 g/mol. The van der Waals surface area contributed by atoms with E-state index in [0.29, 0.717) is 17.2 Å². The zero-order valence-electron chi connectivity index (χ0n) is 17.2. The van der Waals surface area contributed by atoms with Gasteiger partial charge in [0.25, 0.3) is 5.91 Å². The summed E-state index contributed by atoms with van der Waals surface area (Å²) in [5.74, 6) is -0.485. The van der Waals surface area contributed by atoms with E-state index in [1.807, 2.05) is 36.4 Å². The van der Waals surface area contributed by atoms with Crippen molar-refractivity contribution in [1.29, 1.82) is 0 Å². The van der Waals surface area contributed by atoms with E-state index in [1.54, 1.807) is 19.1 Å². The number of morpholine rings is 1. The van der Waals surface area contributed by atoms with Crippen molar-refractivity contribution in [2.45, 2.75) is 32.8 Å². The fourth-order valence-electron chi connectivity index (χ4n) is 3.11. The van der Waals surface area contributed by atoms with E-state index in [4.69, 9.17) is 9.47 Å². The lowest BCUT2D eigenvalue weighted by Gasteiger charge is -2.28. The molecule has 0 bridgehead atoms. The van der Waals surface area contributed by atoms with E-state index in [1.165, 1.54) is 0 Å². The predicted octanol–water partition coefficient (Wildman–Crippen LogP) is 3.83. The van der Waals surface area contributed by atoms with Crippen LogP contribution in [0.25, 0.3) is 0 Å². The maximum Gasteiger partial charge on any atom is 0.338 e. The van der Waals surface area contributed by atoms with E-state index in [2.05, 4.69) is 24.1 Å². The Morgan fingerprint density at radius 2 is 1.59 bits per heavy atom. The number of amides is 1. The van der Waals surface area contributed by atoms with Gasteiger partial charge in [0.1, 0.15) is 0 Å². The summed E-state index contributed by atoms with van der Waals surface area (Å²) in [5, 5.41) is 2.79. The van der Waals surface area contributed by atoms with Gasteiger partial charge in [-0.1, -0.05) is 26.0 Å². The number of carbonyl (C=O) groups excluding carboxylic acids is 2. The van der Waals surface area contributed by atoms with Crippen LogP contribution in [0.3, 0.4) is 0 Å². The molecule has 0 unspecified atom stereocenters. The topological polar surface area (TPSA) is 67.9 Å². The number of rotatable bonds is 6. The average Bonchev–Trinajstić information content (AvgIpc) is 2.74. The highest BCUT2D eigenvalue weighted by Gasteiger charge is 2.19. The second-order valence-electron chi connectivity index (χ2n) is 7.46. The number of ether oxygens (including phenoxy) is 2. The summed E-state index contributed by atoms with van der Waals surface area (Å²) >= 11 is 0. The highest BCUT2D eigenvalue weighted by atomic mass is 16.5. The summed E-state index contributed by atoms with van der Waals surface area (Å²) in [6.07, 6.45) is -0.897. The molecule has 2 aromatic rings. The van der Waals surface area contributed by atoms with Crippen molar-refractivity contribution in [1.82, 2.24) is 0 Å². The molecule has 0 saturated carbocycles. The third-order valence-electron chi connectivity index (χ3n) is 4.98. The van der Waals surface area contributed by atoms with Gasteiger partial charge in [-0.15, -0.1) is 0 Å². The Morgan fingerprint density at radius 1 is 0.966 bits per heavy atom. The first-order valence-corrected chi connectivity index (χ1v) is 9.98. The molecule has 0 aliphatic carbocycles. The molecule has 1 N–H and O–H groups in total. The van der Waals surface area contributed by atoms with Gasteiger partial charge in [-0.3, -0.25) is 4.79 Å². The van der Waals surface area contributed by atoms with Crippen molar-refractivity contribution in [3.63, 3.8) is 0 Å². The standard InChI is InChI=1S/C23H28N2O4/c1-16(2)18-4-6-19(7-5-18)23(27)29-17(3)22(26)24-20-8-10-21(11-9-20)25-12-14-28-15-13-25/h4-11,16-17H,12-15H2,1-3H3,(H,24,26)/t17-/m1/s1. The Balaban J connectivity index is 1.53. The summed E-state index contributed by atoms with van der Waals surface area (Å²) < 4.78 is 10.7. The minimum absolute atomic E-state index is 0.365. The molecule has 1 fully saturated rings. The second kappa shape index (κ2) is 9.56. The monoisotopic (exact) mass is 396 g/mol. The van der Waals surface area contributed by atoms with Crippen LogP contribution in [0.2, 0.25) is 0 Å². The van der Waals surface area contributed by atoms with Crippen molar-refractivity contribution in [3.8, 4) is 0 Å². The first-order valence-electron chi connectivity index (χ1n) is 9.98. The summed E-state index contributed by atoms with van der Waals surface area (Å²) in [5.41, 5.74) is 3.34. The SMILES string of the molecule is CC(C)c1ccc(C(=O)O[C@H](C)C(=O)Nc2ccc(N3CCOCC3)cc2)cc1. The van der Waals surface area contributed by atoms with Crippen LogP contribution in [0.1, 0.15) is 42.6 Å². The molecule has 1 aliphatic rings. The summed E-state index contributed by atoms with van der Waals surface area (Å²) in [6, 6.07) is 14.9. The van der Waals surface area contributed by atoms with Gasteiger partial charge in [0.05, 0.1) is 18.8 Å². The highest BCUT2D eigenvalue weighted by Crippen LogP contribution is 2.20. The molecule has 1 heterocycles. The molecule has 0 aromatic heterocycles. The number of hydrogen-bond acceptors (Lipinski definition) is 5. The van der Waals surface area contributed by atoms with Gasteiger partial charge < -0.3 is 19.7 Å². The Morgan fingerprint density at radius 3 is 2.17 bits per heavy atom. The Labute approximate surface area is 171 Å². The van der Waals surface area contributed by atoms with Gasteiger partial charge in [0.15, 0.2) is 6.10 Å². The molecule has 154 valence electrons. The number of nitrogens with zero attached hydrogens (tertiary/aromatic N) is 1. The van der Waals surface area contributed by atoms with Crippen LogP contribution in [-0.2, 0) is 14.3 Å². The zero-order chi connectivity index (χ0) is 20.8. The second-order valence-corrected chi connectivity index (χ2v) is 7.46. The third-order valence-corrected chi connectivity index (χ3v) is 4.98. The van der Waals surface area contributed by atoms with E-state index >= 15 is 0 Å². The molecule has 6 heteroatoms. The van der Waals surface area contributed by atoms with Gasteiger partial charge in [0, 0.05) is 24.5 Å². The molecule has 1 saturated heterocycles. The maximum atomic E-state index is 12.4. The molecule has 1 atom stereocenters. The van der Waals surface area contributed by atoms with Crippen LogP contribution >= 0.6 is 0 Å². The number of esters is 1. The number of hydrogen-bond donors (Lipinski definition) is 1. The number of carbonyl (C=O) groups is 2. The van der Waals surface area contributed by atoms with Crippen molar-refractivity contribution in [3.05, 3.63) is 59.7 Å². The molecule has 0 radical (unpaired) electrons. The van der Waals surface area contributed by atoms with Crippen molar-refractivity contribution < 1.29 is 19.1 Å². The minimum Gasteiger partial charge on any atom is -0.449 e. The molecular formula is C23H28N2O4. The fraction of sp³-hybridized carbons (Fsp3) is 0.391. The lowest BCUT2D eigenvalue weighted by atomic mass is 10.0. The van der Waals surface area contributed by atoms with Gasteiger partial charge >= 0.3 is 5.97 Å². The maximum absolute atomic E-state index is 12.4. The lowest BCUT2D eigenvalue weighted by Crippen LogP contribution is -2.36. The highest BCUT2D eigenvalue weighted by molar-refractivity contribution is 5.97. The van der Waals surface area contributed by atoms with Gasteiger partial charge in [-0.2, -0.15) is 0 Å². The van der Waals surface area contributed by atoms with E-state index in [9.17, 15) is 9.59 Å². The van der Waals surface area contributed by atoms with E-state index in [0.717, 1.165) is 37.6 Å². The first kappa shape index (κ1) is 20.9. The molecular weight excluding hydrogens is 368 g/mol. The molecule has 6 nitrogen and oxygen atoms in total. The zero-order valence-corrected chi connectivity index (χ0v) is 17.2. The largest absolute Gasteiger partial charge is 0.449 e. The van der Waals surface area contributed by atoms with Crippen molar-refractivity contribution in [2.75, 3.05) is 36.5 Å². The van der Waals surface area contributed by atoms with Crippen molar-refractivity contribution in [2.24, 2.45) is 0 Å². The van der Waals surface area contributed by atoms with Crippen LogP contribution in [-0.4, -0.2) is 44.3 Å². The van der Waals surface area contributed by atoms with Gasteiger partial charge in [-0.05, 0) is 54.8 Å². The van der Waals surface area contributed by atoms with Gasteiger partial charge in [0.2, 0.25) is 0 Å². The van der Waals surface area contributed by atoms with E-state index < -0.39 is 12.1 Å². The smallest absolute Gasteiger partial charge is 0.338 e. The lowest BCUT2D eigenvalue weighted by molar-refractivity contribution is -0.123. The first-order chi connectivity index (χ1) is 13.9. The Hall–Kier alpha value is -2.86. The van der Waals surface area contributed by atoms with E-state index in [-0.39, 0.29) is 5.91 Å². The normalized spacial score (nSPS) is 15.1. The number of nitrogens with one attached hydrogen (secondary N) is 1. The fourth-order valence-corrected chi connectivity index (χ4v) is 3.11. The summed E-state index contributed by atoms with van der Waals surface area (Å²) in [6.45, 7) is 8.91. The Kier molecular flexibility index (Phi) is 6.88. The molecule has 1 aliphatic heterocycles.